The Morgan fingerprint density at radius 2 is 1.89 bits per heavy atom. The summed E-state index contributed by atoms with van der Waals surface area (Å²) in [6.45, 7) is 6.48. The number of hydrogen-bond acceptors (Lipinski definition) is 2. The Morgan fingerprint density at radius 3 is 2.39 bits per heavy atom. The molecule has 1 aliphatic carbocycles. The van der Waals surface area contributed by atoms with E-state index in [-0.39, 0.29) is 5.92 Å². The van der Waals surface area contributed by atoms with Crippen molar-refractivity contribution in [1.29, 1.82) is 5.26 Å². The quantitative estimate of drug-likeness (QED) is 0.764. The van der Waals surface area contributed by atoms with Gasteiger partial charge in [-0.1, -0.05) is 44.2 Å². The molecule has 0 amide bonds. The molecule has 0 aromatic heterocycles. The van der Waals surface area contributed by atoms with E-state index < -0.39 is 0 Å². The molecule has 0 radical (unpaired) electrons. The van der Waals surface area contributed by atoms with Crippen LogP contribution in [-0.2, 0) is 0 Å². The van der Waals surface area contributed by atoms with Gasteiger partial charge in [0.2, 0.25) is 0 Å². The molecule has 0 spiro atoms. The van der Waals surface area contributed by atoms with Gasteiger partial charge in [0, 0.05) is 19.1 Å². The van der Waals surface area contributed by atoms with Gasteiger partial charge in [-0.2, -0.15) is 5.26 Å². The summed E-state index contributed by atoms with van der Waals surface area (Å²) in [6, 6.07) is 13.4. The maximum atomic E-state index is 9.39. The van der Waals surface area contributed by atoms with Crippen molar-refractivity contribution < 1.29 is 0 Å². The Kier molecular flexibility index (Phi) is 4.38. The Labute approximate surface area is 110 Å². The van der Waals surface area contributed by atoms with Crippen LogP contribution in [0.5, 0.6) is 0 Å². The van der Waals surface area contributed by atoms with E-state index in [0.29, 0.717) is 5.92 Å². The lowest BCUT2D eigenvalue weighted by atomic mass is 9.99. The van der Waals surface area contributed by atoms with Crippen molar-refractivity contribution in [3.8, 4) is 6.07 Å². The topological polar surface area (TPSA) is 27.0 Å². The fraction of sp³-hybridized carbons (Fsp3) is 0.562. The summed E-state index contributed by atoms with van der Waals surface area (Å²) >= 11 is 0. The predicted octanol–water partition coefficient (Wildman–Crippen LogP) is 3.41. The highest BCUT2D eigenvalue weighted by molar-refractivity contribution is 5.25. The van der Waals surface area contributed by atoms with Crippen LogP contribution in [0.1, 0.15) is 38.2 Å². The van der Waals surface area contributed by atoms with Gasteiger partial charge in [-0.05, 0) is 24.3 Å². The molecule has 1 atom stereocenters. The van der Waals surface area contributed by atoms with Gasteiger partial charge >= 0.3 is 0 Å². The van der Waals surface area contributed by atoms with Gasteiger partial charge < -0.3 is 0 Å². The van der Waals surface area contributed by atoms with Crippen molar-refractivity contribution >= 4 is 0 Å². The van der Waals surface area contributed by atoms with Crippen LogP contribution in [0.15, 0.2) is 30.3 Å². The molecule has 0 N–H and O–H groups in total. The third-order valence-electron chi connectivity index (χ3n) is 3.44. The molecule has 1 aliphatic rings. The van der Waals surface area contributed by atoms with E-state index in [1.807, 2.05) is 18.2 Å². The molecule has 1 aromatic carbocycles. The summed E-state index contributed by atoms with van der Waals surface area (Å²) in [5, 5.41) is 9.39. The fourth-order valence-electron chi connectivity index (χ4n) is 2.42. The SMILES string of the molecule is CC(C)CN(CC(C#N)c1ccccc1)C1CC1. The van der Waals surface area contributed by atoms with Crippen LogP contribution in [0.3, 0.4) is 0 Å². The van der Waals surface area contributed by atoms with Crippen LogP contribution >= 0.6 is 0 Å². The first-order valence-electron chi connectivity index (χ1n) is 6.89. The second-order valence-electron chi connectivity index (χ2n) is 5.67. The summed E-state index contributed by atoms with van der Waals surface area (Å²) in [6.07, 6.45) is 2.61. The first-order valence-corrected chi connectivity index (χ1v) is 6.89. The number of nitriles is 1. The minimum Gasteiger partial charge on any atom is -0.298 e. The Morgan fingerprint density at radius 1 is 1.22 bits per heavy atom. The summed E-state index contributed by atoms with van der Waals surface area (Å²) in [5.41, 5.74) is 1.15. The Hall–Kier alpha value is -1.33. The Balaban J connectivity index is 2.02. The third kappa shape index (κ3) is 3.58. The average Bonchev–Trinajstić information content (AvgIpc) is 3.19. The van der Waals surface area contributed by atoms with Gasteiger partial charge in [0.05, 0.1) is 12.0 Å². The highest BCUT2D eigenvalue weighted by atomic mass is 15.2. The lowest BCUT2D eigenvalue weighted by molar-refractivity contribution is 0.230. The normalized spacial score (nSPS) is 16.8. The maximum absolute atomic E-state index is 9.39. The molecule has 1 saturated carbocycles. The number of nitrogens with zero attached hydrogens (tertiary/aromatic N) is 2. The second-order valence-corrected chi connectivity index (χ2v) is 5.67. The van der Waals surface area contributed by atoms with Crippen LogP contribution < -0.4 is 0 Å². The van der Waals surface area contributed by atoms with E-state index in [2.05, 4.69) is 36.9 Å². The van der Waals surface area contributed by atoms with Crippen LogP contribution in [0.25, 0.3) is 0 Å². The maximum Gasteiger partial charge on any atom is 0.0839 e. The lowest BCUT2D eigenvalue weighted by Crippen LogP contribution is -2.33. The van der Waals surface area contributed by atoms with Crippen molar-refractivity contribution in [2.75, 3.05) is 13.1 Å². The Bertz CT molecular complexity index is 401. The minimum absolute atomic E-state index is 0.00514. The van der Waals surface area contributed by atoms with Crippen molar-refractivity contribution in [3.05, 3.63) is 35.9 Å². The lowest BCUT2D eigenvalue weighted by Gasteiger charge is -2.26. The number of hydrogen-bond donors (Lipinski definition) is 0. The largest absolute Gasteiger partial charge is 0.298 e. The standard InChI is InChI=1S/C16H22N2/c1-13(2)11-18(16-8-9-16)12-15(10-17)14-6-4-3-5-7-14/h3-7,13,15-16H,8-9,11-12H2,1-2H3. The van der Waals surface area contributed by atoms with Gasteiger partial charge in [0.1, 0.15) is 0 Å². The zero-order valence-electron chi connectivity index (χ0n) is 11.3. The molecule has 0 heterocycles. The van der Waals surface area contributed by atoms with E-state index in [1.165, 1.54) is 12.8 Å². The highest BCUT2D eigenvalue weighted by Gasteiger charge is 2.31. The highest BCUT2D eigenvalue weighted by Crippen LogP contribution is 2.30. The summed E-state index contributed by atoms with van der Waals surface area (Å²) in [5.74, 6) is 0.672. The summed E-state index contributed by atoms with van der Waals surface area (Å²) in [7, 11) is 0. The number of rotatable bonds is 6. The van der Waals surface area contributed by atoms with Crippen LogP contribution in [-0.4, -0.2) is 24.0 Å². The molecular formula is C16H22N2. The molecule has 0 aliphatic heterocycles. The molecule has 96 valence electrons. The zero-order valence-corrected chi connectivity index (χ0v) is 11.3. The van der Waals surface area contributed by atoms with Gasteiger partial charge in [-0.25, -0.2) is 0 Å². The molecule has 0 saturated heterocycles. The van der Waals surface area contributed by atoms with Crippen LogP contribution in [0, 0.1) is 17.2 Å². The van der Waals surface area contributed by atoms with Crippen molar-refractivity contribution in [2.45, 2.75) is 38.6 Å². The van der Waals surface area contributed by atoms with Gasteiger partial charge in [-0.15, -0.1) is 0 Å². The molecule has 1 fully saturated rings. The van der Waals surface area contributed by atoms with E-state index in [0.717, 1.165) is 24.7 Å². The second kappa shape index (κ2) is 6.02. The molecule has 2 nitrogen and oxygen atoms in total. The molecular weight excluding hydrogens is 220 g/mol. The van der Waals surface area contributed by atoms with E-state index in [1.54, 1.807) is 0 Å². The smallest absolute Gasteiger partial charge is 0.0839 e. The van der Waals surface area contributed by atoms with Crippen molar-refractivity contribution in [2.24, 2.45) is 5.92 Å². The monoisotopic (exact) mass is 242 g/mol. The molecule has 2 heteroatoms. The molecule has 1 aromatic rings. The first kappa shape index (κ1) is 13.1. The van der Waals surface area contributed by atoms with E-state index in [4.69, 9.17) is 0 Å². The van der Waals surface area contributed by atoms with E-state index in [9.17, 15) is 5.26 Å². The molecule has 0 bridgehead atoms. The predicted molar refractivity (Wildman–Crippen MR) is 74.2 cm³/mol. The average molecular weight is 242 g/mol. The fourth-order valence-corrected chi connectivity index (χ4v) is 2.42. The minimum atomic E-state index is 0.00514. The van der Waals surface area contributed by atoms with Crippen molar-refractivity contribution in [1.82, 2.24) is 4.90 Å². The first-order chi connectivity index (χ1) is 8.70. The zero-order chi connectivity index (χ0) is 13.0. The summed E-state index contributed by atoms with van der Waals surface area (Å²) in [4.78, 5) is 2.51. The number of benzene rings is 1. The van der Waals surface area contributed by atoms with Crippen LogP contribution in [0.2, 0.25) is 0 Å². The third-order valence-corrected chi connectivity index (χ3v) is 3.44. The molecule has 1 unspecified atom stereocenters. The van der Waals surface area contributed by atoms with Gasteiger partial charge in [0.15, 0.2) is 0 Å². The van der Waals surface area contributed by atoms with E-state index >= 15 is 0 Å². The van der Waals surface area contributed by atoms with Gasteiger partial charge in [-0.3, -0.25) is 4.90 Å². The molecule has 18 heavy (non-hydrogen) atoms. The van der Waals surface area contributed by atoms with Crippen molar-refractivity contribution in [3.63, 3.8) is 0 Å². The van der Waals surface area contributed by atoms with Gasteiger partial charge in [0.25, 0.3) is 0 Å². The molecule has 2 rings (SSSR count). The van der Waals surface area contributed by atoms with Crippen LogP contribution in [0.4, 0.5) is 0 Å². The summed E-state index contributed by atoms with van der Waals surface area (Å²) < 4.78 is 0.